The van der Waals surface area contributed by atoms with Crippen molar-refractivity contribution in [2.24, 2.45) is 0 Å². The van der Waals surface area contributed by atoms with Crippen LogP contribution in [0.25, 0.3) is 0 Å². The highest BCUT2D eigenvalue weighted by Crippen LogP contribution is 2.49. The van der Waals surface area contributed by atoms with Gasteiger partial charge in [-0.2, -0.15) is 26.3 Å². The zero-order valence-electron chi connectivity index (χ0n) is 23.3. The maximum absolute atomic E-state index is 16.1. The van der Waals surface area contributed by atoms with E-state index >= 15 is 4.39 Å². The molecule has 1 atom stereocenters. The number of hydrogen-bond acceptors (Lipinski definition) is 6. The van der Waals surface area contributed by atoms with Gasteiger partial charge in [0.25, 0.3) is 10.0 Å². The van der Waals surface area contributed by atoms with E-state index in [2.05, 4.69) is 0 Å². The van der Waals surface area contributed by atoms with Gasteiger partial charge in [0.2, 0.25) is 0 Å². The number of carbonyl (C=O) groups is 1. The van der Waals surface area contributed by atoms with Crippen molar-refractivity contribution in [3.8, 4) is 11.5 Å². The largest absolute Gasteiger partial charge is 0.496 e. The number of nitrogens with zero attached hydrogens (tertiary/aromatic N) is 2. The topological polar surface area (TPSA) is 96.4 Å². The zero-order valence-corrected chi connectivity index (χ0v) is 24.1. The Hall–Kier alpha value is -4.21. The number of rotatable bonds is 8. The second kappa shape index (κ2) is 11.3. The first-order valence-corrected chi connectivity index (χ1v) is 14.8. The third-order valence-electron chi connectivity index (χ3n) is 7.55. The van der Waals surface area contributed by atoms with E-state index in [1.165, 1.54) is 29.2 Å². The number of halogens is 7. The van der Waals surface area contributed by atoms with Crippen LogP contribution in [0.5, 0.6) is 11.5 Å². The molecule has 0 amide bonds. The minimum absolute atomic E-state index is 0.0351. The fourth-order valence-electron chi connectivity index (χ4n) is 5.42. The molecule has 0 aromatic heterocycles. The van der Waals surface area contributed by atoms with Crippen molar-refractivity contribution in [2.45, 2.75) is 41.9 Å². The molecule has 45 heavy (non-hydrogen) atoms. The maximum Gasteiger partial charge on any atom is 0.416 e. The van der Waals surface area contributed by atoms with Gasteiger partial charge in [0.15, 0.2) is 5.67 Å². The van der Waals surface area contributed by atoms with Crippen LogP contribution in [0, 0.1) is 0 Å². The average Bonchev–Trinajstić information content (AvgIpc) is 2.96. The molecule has 0 saturated carbocycles. The Morgan fingerprint density at radius 3 is 2.33 bits per heavy atom. The molecular formula is C29H25F7N2O6S. The van der Waals surface area contributed by atoms with E-state index in [0.717, 1.165) is 35.7 Å². The minimum atomic E-state index is -4.87. The molecule has 16 heteroatoms. The van der Waals surface area contributed by atoms with Crippen LogP contribution in [-0.2, 0) is 32.8 Å². The van der Waals surface area contributed by atoms with Crippen LogP contribution in [0.3, 0.4) is 0 Å². The lowest BCUT2D eigenvalue weighted by atomic mass is 9.83. The van der Waals surface area contributed by atoms with Gasteiger partial charge in [-0.25, -0.2) is 12.8 Å². The van der Waals surface area contributed by atoms with E-state index in [4.69, 9.17) is 14.6 Å². The van der Waals surface area contributed by atoms with E-state index in [9.17, 15) is 39.6 Å². The fourth-order valence-corrected chi connectivity index (χ4v) is 6.96. The van der Waals surface area contributed by atoms with Gasteiger partial charge >= 0.3 is 18.3 Å². The second-order valence-electron chi connectivity index (χ2n) is 10.6. The van der Waals surface area contributed by atoms with Crippen LogP contribution in [0.4, 0.5) is 42.1 Å². The van der Waals surface area contributed by atoms with E-state index in [-0.39, 0.29) is 35.7 Å². The zero-order chi connectivity index (χ0) is 32.9. The Balaban J connectivity index is 1.51. The summed E-state index contributed by atoms with van der Waals surface area (Å²) in [7, 11) is -3.57. The van der Waals surface area contributed by atoms with Gasteiger partial charge in [-0.05, 0) is 55.0 Å². The molecule has 1 saturated heterocycles. The lowest BCUT2D eigenvalue weighted by Crippen LogP contribution is -2.57. The first-order chi connectivity index (χ1) is 20.9. The number of carboxylic acid groups (broad SMARTS) is 1. The third-order valence-corrected chi connectivity index (χ3v) is 9.33. The Labute approximate surface area is 252 Å². The summed E-state index contributed by atoms with van der Waals surface area (Å²) in [5, 5.41) is 9.10. The molecule has 0 aliphatic carbocycles. The highest BCUT2D eigenvalue weighted by Gasteiger charge is 2.52. The number of hydrogen-bond donors (Lipinski definition) is 1. The summed E-state index contributed by atoms with van der Waals surface area (Å²) in [6.45, 7) is -1.57. The van der Waals surface area contributed by atoms with Gasteiger partial charge in [0.1, 0.15) is 17.6 Å². The van der Waals surface area contributed by atoms with E-state index < -0.39 is 81.3 Å². The minimum Gasteiger partial charge on any atom is -0.496 e. The van der Waals surface area contributed by atoms with Crippen LogP contribution in [-0.4, -0.2) is 52.3 Å². The first kappa shape index (κ1) is 32.2. The van der Waals surface area contributed by atoms with Crippen molar-refractivity contribution in [1.82, 2.24) is 0 Å². The Kier molecular flexibility index (Phi) is 8.08. The lowest BCUT2D eigenvalue weighted by Gasteiger charge is -2.47. The second-order valence-corrected chi connectivity index (χ2v) is 12.5. The first-order valence-electron chi connectivity index (χ1n) is 13.3. The molecule has 2 aliphatic rings. The molecule has 0 bridgehead atoms. The van der Waals surface area contributed by atoms with Crippen molar-refractivity contribution in [1.29, 1.82) is 0 Å². The molecular weight excluding hydrogens is 637 g/mol. The molecule has 1 unspecified atom stereocenters. The molecule has 242 valence electrons. The Morgan fingerprint density at radius 1 is 1.02 bits per heavy atom. The maximum atomic E-state index is 16.1. The van der Waals surface area contributed by atoms with E-state index in [1.54, 1.807) is 0 Å². The highest BCUT2D eigenvalue weighted by atomic mass is 32.2. The predicted molar refractivity (Wildman–Crippen MR) is 147 cm³/mol. The third kappa shape index (κ3) is 6.19. The molecule has 5 rings (SSSR count). The summed E-state index contributed by atoms with van der Waals surface area (Å²) in [6, 6.07) is 10.2. The van der Waals surface area contributed by atoms with Gasteiger partial charge < -0.3 is 19.5 Å². The van der Waals surface area contributed by atoms with Crippen LogP contribution in [0.15, 0.2) is 65.6 Å². The number of sulfonamides is 1. The number of ether oxygens (including phenoxy) is 2. The summed E-state index contributed by atoms with van der Waals surface area (Å²) in [4.78, 5) is 11.8. The average molecular weight is 663 g/mol. The predicted octanol–water partition coefficient (Wildman–Crippen LogP) is 6.24. The number of aliphatic carboxylic acids is 1. The van der Waals surface area contributed by atoms with Gasteiger partial charge in [0, 0.05) is 17.7 Å². The van der Waals surface area contributed by atoms with Gasteiger partial charge in [0.05, 0.1) is 48.5 Å². The number of fused-ring (bicyclic) bond motifs is 1. The number of methoxy groups -OCH3 is 1. The SMILES string of the molecule is COc1cccc(C(F)(F)F)c1C1(F)CN(c2ccc3c(c2)N(S(=O)(=O)c2cccc(C(F)(F)F)c2)CC(CCC(=O)O)O3)C1. The summed E-state index contributed by atoms with van der Waals surface area (Å²) in [5.74, 6) is -1.51. The van der Waals surface area contributed by atoms with Crippen LogP contribution in [0.1, 0.15) is 29.5 Å². The molecule has 2 heterocycles. The molecule has 0 radical (unpaired) electrons. The Bertz CT molecular complexity index is 1720. The van der Waals surface area contributed by atoms with Gasteiger partial charge in [-0.3, -0.25) is 9.10 Å². The Morgan fingerprint density at radius 2 is 1.71 bits per heavy atom. The normalized spacial score (nSPS) is 18.1. The summed E-state index contributed by atoms with van der Waals surface area (Å²) >= 11 is 0. The van der Waals surface area contributed by atoms with Gasteiger partial charge in [-0.1, -0.05) is 12.1 Å². The molecule has 3 aromatic rings. The van der Waals surface area contributed by atoms with E-state index in [1.807, 2.05) is 0 Å². The fraction of sp³-hybridized carbons (Fsp3) is 0.345. The monoisotopic (exact) mass is 662 g/mol. The smallest absolute Gasteiger partial charge is 0.416 e. The molecule has 1 fully saturated rings. The van der Waals surface area contributed by atoms with Crippen molar-refractivity contribution in [3.63, 3.8) is 0 Å². The summed E-state index contributed by atoms with van der Waals surface area (Å²) < 4.78 is 137. The number of benzene rings is 3. The van der Waals surface area contributed by atoms with E-state index in [0.29, 0.717) is 12.1 Å². The molecule has 2 aliphatic heterocycles. The van der Waals surface area contributed by atoms with Crippen molar-refractivity contribution in [3.05, 3.63) is 77.4 Å². The van der Waals surface area contributed by atoms with Crippen LogP contribution in [0.2, 0.25) is 0 Å². The molecule has 0 spiro atoms. The number of carboxylic acids is 1. The molecule has 3 aromatic carbocycles. The van der Waals surface area contributed by atoms with Crippen LogP contribution >= 0.6 is 0 Å². The molecule has 1 N–H and O–H groups in total. The lowest BCUT2D eigenvalue weighted by molar-refractivity contribution is -0.140. The highest BCUT2D eigenvalue weighted by molar-refractivity contribution is 7.92. The van der Waals surface area contributed by atoms with Crippen LogP contribution < -0.4 is 18.7 Å². The number of anilines is 2. The quantitative estimate of drug-likeness (QED) is 0.286. The standard InChI is InChI=1S/C29H25F7N2O6S/c1-43-24-7-3-6-21(29(34,35)36)26(24)27(30)15-37(16-27)18-8-10-23-22(13-18)38(14-19(44-23)9-11-25(39)40)45(41,42)20-5-2-4-17(12-20)28(31,32)33/h2-8,10,12-13,19H,9,11,14-16H2,1H3,(H,39,40). The summed E-state index contributed by atoms with van der Waals surface area (Å²) in [6.07, 6.45) is -11.2. The van der Waals surface area contributed by atoms with Gasteiger partial charge in [-0.15, -0.1) is 0 Å². The van der Waals surface area contributed by atoms with Crippen molar-refractivity contribution < 1.29 is 58.5 Å². The molecule has 8 nitrogen and oxygen atoms in total. The summed E-state index contributed by atoms with van der Waals surface area (Å²) in [5.41, 5.74) is -5.50. The number of alkyl halides is 7. The van der Waals surface area contributed by atoms with Crippen molar-refractivity contribution >= 4 is 27.4 Å². The van der Waals surface area contributed by atoms with Crippen molar-refractivity contribution in [2.75, 3.05) is 35.9 Å².